The Balaban J connectivity index is 2.72. The molecule has 0 bridgehead atoms. The molecule has 0 aliphatic heterocycles. The smallest absolute Gasteiger partial charge is 0.298 e. The summed E-state index contributed by atoms with van der Waals surface area (Å²) in [5.41, 5.74) is 0. The Hall–Kier alpha value is -0.960. The highest BCUT2D eigenvalue weighted by Crippen LogP contribution is 2.18. The molecule has 0 aliphatic rings. The molecule has 0 unspecified atom stereocenters. The Morgan fingerprint density at radius 3 is 3.00 bits per heavy atom. The minimum Gasteiger partial charge on any atom is -0.449 e. The first kappa shape index (κ1) is 6.16. The van der Waals surface area contributed by atoms with E-state index in [2.05, 4.69) is 9.15 Å². The maximum atomic E-state index is 9.68. The maximum absolute atomic E-state index is 9.68. The van der Waals surface area contributed by atoms with Crippen LogP contribution in [0.3, 0.4) is 0 Å². The van der Waals surface area contributed by atoms with Crippen LogP contribution in [0.15, 0.2) is 16.7 Å². The summed E-state index contributed by atoms with van der Waals surface area (Å²) in [6.07, 6.45) is 1.25. The molecule has 1 heterocycles. The first-order valence-corrected chi connectivity index (χ1v) is 2.55. The van der Waals surface area contributed by atoms with Gasteiger partial charge in [-0.25, -0.2) is 0 Å². The third kappa shape index (κ3) is 1.47. The minimum atomic E-state index is 0.201. The number of ether oxygens (including phenoxy) is 1. The Morgan fingerprint density at radius 2 is 2.56 bits per heavy atom. The lowest BCUT2D eigenvalue weighted by Crippen LogP contribution is -1.83. The van der Waals surface area contributed by atoms with Crippen molar-refractivity contribution in [1.29, 1.82) is 0 Å². The number of rotatable bonds is 2. The molecule has 0 aliphatic carbocycles. The van der Waals surface area contributed by atoms with Crippen LogP contribution in [0.25, 0.3) is 0 Å². The zero-order chi connectivity index (χ0) is 6.69. The van der Waals surface area contributed by atoms with Crippen molar-refractivity contribution in [3.8, 4) is 5.75 Å². The largest absolute Gasteiger partial charge is 0.449 e. The summed E-state index contributed by atoms with van der Waals surface area (Å²) in [5.74, 6) is 0.315. The third-order valence-corrected chi connectivity index (χ3v) is 0.926. The van der Waals surface area contributed by atoms with Crippen LogP contribution in [0.2, 0.25) is 5.22 Å². The fourth-order valence-corrected chi connectivity index (χ4v) is 0.564. The number of carbonyl (C=O) groups is 1. The van der Waals surface area contributed by atoms with E-state index in [0.29, 0.717) is 12.2 Å². The van der Waals surface area contributed by atoms with Crippen LogP contribution in [0.1, 0.15) is 0 Å². The van der Waals surface area contributed by atoms with Gasteiger partial charge in [0.15, 0.2) is 11.0 Å². The molecule has 48 valence electrons. The fraction of sp³-hybridized carbons (Fsp3) is 0. The molecular formula is C5H3ClO3. The Morgan fingerprint density at radius 1 is 1.78 bits per heavy atom. The molecule has 0 aromatic carbocycles. The van der Waals surface area contributed by atoms with Gasteiger partial charge in [-0.05, 0) is 11.6 Å². The van der Waals surface area contributed by atoms with Crippen LogP contribution in [-0.4, -0.2) is 6.47 Å². The number of halogens is 1. The van der Waals surface area contributed by atoms with Crippen molar-refractivity contribution in [2.75, 3.05) is 0 Å². The van der Waals surface area contributed by atoms with Crippen molar-refractivity contribution in [3.05, 3.63) is 17.5 Å². The third-order valence-electron chi connectivity index (χ3n) is 0.728. The minimum absolute atomic E-state index is 0.201. The Kier molecular flexibility index (Phi) is 1.75. The molecule has 1 aromatic heterocycles. The van der Waals surface area contributed by atoms with Crippen LogP contribution in [-0.2, 0) is 4.79 Å². The topological polar surface area (TPSA) is 39.4 Å². The molecule has 3 nitrogen and oxygen atoms in total. The summed E-state index contributed by atoms with van der Waals surface area (Å²) in [7, 11) is 0. The standard InChI is InChI=1S/C5H3ClO3/c6-5-1-4(2-8-5)9-3-7/h1-3H. The summed E-state index contributed by atoms with van der Waals surface area (Å²) < 4.78 is 8.97. The second-order valence-electron chi connectivity index (χ2n) is 1.30. The molecule has 0 spiro atoms. The van der Waals surface area contributed by atoms with E-state index in [-0.39, 0.29) is 5.22 Å². The SMILES string of the molecule is O=COc1coc(Cl)c1. The molecular weight excluding hydrogens is 144 g/mol. The highest BCUT2D eigenvalue weighted by molar-refractivity contribution is 6.28. The number of hydrogen-bond donors (Lipinski definition) is 0. The highest BCUT2D eigenvalue weighted by Gasteiger charge is 1.96. The number of hydrogen-bond acceptors (Lipinski definition) is 3. The average molecular weight is 147 g/mol. The van der Waals surface area contributed by atoms with E-state index in [1.54, 1.807) is 0 Å². The van der Waals surface area contributed by atoms with E-state index in [9.17, 15) is 4.79 Å². The Labute approximate surface area is 56.2 Å². The van der Waals surface area contributed by atoms with Gasteiger partial charge in [0.2, 0.25) is 0 Å². The lowest BCUT2D eigenvalue weighted by molar-refractivity contribution is -0.120. The molecule has 1 rings (SSSR count). The van der Waals surface area contributed by atoms with E-state index in [1.807, 2.05) is 0 Å². The van der Waals surface area contributed by atoms with Gasteiger partial charge in [-0.1, -0.05) is 0 Å². The van der Waals surface area contributed by atoms with Gasteiger partial charge in [0.25, 0.3) is 6.47 Å². The van der Waals surface area contributed by atoms with Crippen LogP contribution in [0, 0.1) is 0 Å². The summed E-state index contributed by atoms with van der Waals surface area (Å²) in [4.78, 5) is 9.68. The van der Waals surface area contributed by atoms with Crippen LogP contribution in [0.5, 0.6) is 5.75 Å². The van der Waals surface area contributed by atoms with E-state index < -0.39 is 0 Å². The summed E-state index contributed by atoms with van der Waals surface area (Å²) in [6, 6.07) is 1.40. The normalized spacial score (nSPS) is 9.00. The van der Waals surface area contributed by atoms with Crippen molar-refractivity contribution in [2.45, 2.75) is 0 Å². The molecule has 0 saturated carbocycles. The van der Waals surface area contributed by atoms with E-state index in [1.165, 1.54) is 12.3 Å². The molecule has 0 atom stereocenters. The quantitative estimate of drug-likeness (QED) is 0.593. The highest BCUT2D eigenvalue weighted by atomic mass is 35.5. The van der Waals surface area contributed by atoms with Gasteiger partial charge in [-0.3, -0.25) is 4.79 Å². The molecule has 0 N–H and O–H groups in total. The van der Waals surface area contributed by atoms with E-state index in [0.717, 1.165) is 0 Å². The van der Waals surface area contributed by atoms with Gasteiger partial charge in [0.1, 0.15) is 6.26 Å². The van der Waals surface area contributed by atoms with Gasteiger partial charge in [-0.15, -0.1) is 0 Å². The zero-order valence-electron chi connectivity index (χ0n) is 4.33. The van der Waals surface area contributed by atoms with Crippen LogP contribution >= 0.6 is 11.6 Å². The van der Waals surface area contributed by atoms with Gasteiger partial charge in [0, 0.05) is 6.07 Å². The molecule has 0 saturated heterocycles. The van der Waals surface area contributed by atoms with Gasteiger partial charge < -0.3 is 9.15 Å². The van der Waals surface area contributed by atoms with Crippen LogP contribution < -0.4 is 4.74 Å². The molecule has 4 heteroatoms. The van der Waals surface area contributed by atoms with Gasteiger partial charge in [-0.2, -0.15) is 0 Å². The summed E-state index contributed by atoms with van der Waals surface area (Å²) >= 11 is 5.33. The predicted molar refractivity (Wildman–Crippen MR) is 30.4 cm³/mol. The Bertz CT molecular complexity index is 206. The number of furan rings is 1. The molecule has 0 fully saturated rings. The predicted octanol–water partition coefficient (Wildman–Crippen LogP) is 1.47. The van der Waals surface area contributed by atoms with Crippen LogP contribution in [0.4, 0.5) is 0 Å². The first-order valence-electron chi connectivity index (χ1n) is 2.17. The zero-order valence-corrected chi connectivity index (χ0v) is 5.09. The summed E-state index contributed by atoms with van der Waals surface area (Å²) in [6.45, 7) is 0.307. The monoisotopic (exact) mass is 146 g/mol. The summed E-state index contributed by atoms with van der Waals surface area (Å²) in [5, 5.41) is 0.201. The van der Waals surface area contributed by atoms with Crippen molar-refractivity contribution in [3.63, 3.8) is 0 Å². The fourth-order valence-electron chi connectivity index (χ4n) is 0.412. The van der Waals surface area contributed by atoms with Crippen molar-refractivity contribution >= 4 is 18.1 Å². The second-order valence-corrected chi connectivity index (χ2v) is 1.67. The average Bonchev–Trinajstić information content (AvgIpc) is 2.17. The molecule has 9 heavy (non-hydrogen) atoms. The molecule has 1 aromatic rings. The van der Waals surface area contributed by atoms with Gasteiger partial charge >= 0.3 is 0 Å². The number of carbonyl (C=O) groups excluding carboxylic acids is 1. The second kappa shape index (κ2) is 2.55. The lowest BCUT2D eigenvalue weighted by Gasteiger charge is -1.83. The lowest BCUT2D eigenvalue weighted by atomic mass is 10.6. The first-order chi connectivity index (χ1) is 4.33. The maximum Gasteiger partial charge on any atom is 0.298 e. The molecule has 0 radical (unpaired) electrons. The van der Waals surface area contributed by atoms with E-state index in [4.69, 9.17) is 11.6 Å². The van der Waals surface area contributed by atoms with E-state index >= 15 is 0 Å². The van der Waals surface area contributed by atoms with Crippen molar-refractivity contribution < 1.29 is 13.9 Å². The molecule has 0 amide bonds. The van der Waals surface area contributed by atoms with Crippen molar-refractivity contribution in [1.82, 2.24) is 0 Å². The van der Waals surface area contributed by atoms with Crippen molar-refractivity contribution in [2.24, 2.45) is 0 Å². The van der Waals surface area contributed by atoms with Gasteiger partial charge in [0.05, 0.1) is 0 Å².